The van der Waals surface area contributed by atoms with Gasteiger partial charge in [0, 0.05) is 41.4 Å². The minimum absolute atomic E-state index is 0.0963. The molecule has 27 heavy (non-hydrogen) atoms. The molecule has 0 fully saturated rings. The van der Waals surface area contributed by atoms with E-state index in [4.69, 9.17) is 5.73 Å². The maximum Gasteiger partial charge on any atom is 0.369 e. The van der Waals surface area contributed by atoms with Crippen LogP contribution in [0.15, 0.2) is 51.7 Å². The van der Waals surface area contributed by atoms with Gasteiger partial charge in [0.05, 0.1) is 6.54 Å². The van der Waals surface area contributed by atoms with Crippen LogP contribution >= 0.6 is 11.3 Å². The van der Waals surface area contributed by atoms with Crippen LogP contribution < -0.4 is 17.0 Å². The molecule has 0 aliphatic rings. The number of thiophene rings is 1. The molecule has 3 aromatic rings. The maximum atomic E-state index is 12.7. The lowest BCUT2D eigenvalue weighted by Gasteiger charge is -2.03. The van der Waals surface area contributed by atoms with Crippen LogP contribution in [0.25, 0.3) is 15.4 Å². The first-order chi connectivity index (χ1) is 12.9. The molecule has 2 N–H and O–H groups in total. The predicted molar refractivity (Wildman–Crippen MR) is 97.2 cm³/mol. The zero-order valence-corrected chi connectivity index (χ0v) is 15.1. The molecule has 0 bridgehead atoms. The molecule has 3 heterocycles. The van der Waals surface area contributed by atoms with E-state index in [0.717, 1.165) is 19.8 Å². The molecule has 0 atom stereocenters. The van der Waals surface area contributed by atoms with E-state index in [1.807, 2.05) is 6.92 Å². The molecule has 8 nitrogen and oxygen atoms in total. The quantitative estimate of drug-likeness (QED) is 0.682. The average molecular weight is 394 g/mol. The van der Waals surface area contributed by atoms with Crippen molar-refractivity contribution < 1.29 is 8.78 Å². The van der Waals surface area contributed by atoms with Crippen LogP contribution in [-0.2, 0) is 13.1 Å². The fraction of sp³-hybridized carbons (Fsp3) is 0.250. The van der Waals surface area contributed by atoms with E-state index < -0.39 is 18.3 Å². The Kier molecular flexibility index (Phi) is 5.42. The Morgan fingerprint density at radius 3 is 2.63 bits per heavy atom. The number of nitrogens with two attached hydrogens (primary N) is 1. The van der Waals surface area contributed by atoms with Gasteiger partial charge < -0.3 is 10.3 Å². The Bertz CT molecular complexity index is 1110. The highest BCUT2D eigenvalue weighted by molar-refractivity contribution is 7.17. The van der Waals surface area contributed by atoms with Gasteiger partial charge in [0.2, 0.25) is 0 Å². The second kappa shape index (κ2) is 7.76. The highest BCUT2D eigenvalue weighted by Gasteiger charge is 2.15. The Morgan fingerprint density at radius 1 is 1.19 bits per heavy atom. The van der Waals surface area contributed by atoms with E-state index in [-0.39, 0.29) is 17.7 Å². The van der Waals surface area contributed by atoms with Crippen LogP contribution in [0.2, 0.25) is 0 Å². The minimum Gasteiger partial charge on any atom is -0.327 e. The molecule has 0 aliphatic heterocycles. The molecule has 0 saturated carbocycles. The third-order valence-corrected chi connectivity index (χ3v) is 5.01. The van der Waals surface area contributed by atoms with Crippen LogP contribution in [0, 0.1) is 0 Å². The first-order valence-corrected chi connectivity index (χ1v) is 8.83. The average Bonchev–Trinajstić information content (AvgIpc) is 3.27. The Morgan fingerprint density at radius 2 is 1.96 bits per heavy atom. The lowest BCUT2D eigenvalue weighted by atomic mass is 10.2. The van der Waals surface area contributed by atoms with E-state index >= 15 is 0 Å². The third-order valence-electron chi connectivity index (χ3n) is 3.90. The summed E-state index contributed by atoms with van der Waals surface area (Å²) in [7, 11) is 0. The number of pyridine rings is 1. The summed E-state index contributed by atoms with van der Waals surface area (Å²) in [5.41, 5.74) is 4.96. The van der Waals surface area contributed by atoms with E-state index in [2.05, 4.69) is 10.4 Å². The summed E-state index contributed by atoms with van der Waals surface area (Å²) in [6.07, 6.45) is -0.191. The van der Waals surface area contributed by atoms with E-state index in [1.165, 1.54) is 17.4 Å². The molecule has 0 aromatic carbocycles. The normalized spacial score (nSPS) is 11.0. The molecule has 0 unspecified atom stereocenters. The molecular formula is C16H16F2N6O2S. The second-order valence-corrected chi connectivity index (χ2v) is 6.64. The summed E-state index contributed by atoms with van der Waals surface area (Å²) < 4.78 is 28.9. The molecule has 11 heteroatoms. The molecule has 0 spiro atoms. The number of hydrogen-bond donors (Lipinski definition) is 1. The van der Waals surface area contributed by atoms with Crippen LogP contribution in [0.5, 0.6) is 0 Å². The number of hydrogen-bond acceptors (Lipinski definition) is 6. The van der Waals surface area contributed by atoms with Crippen LogP contribution in [0.1, 0.15) is 6.92 Å². The van der Waals surface area contributed by atoms with Gasteiger partial charge in [-0.3, -0.25) is 4.79 Å². The fourth-order valence-corrected chi connectivity index (χ4v) is 3.35. The van der Waals surface area contributed by atoms with Crippen molar-refractivity contribution in [1.29, 1.82) is 0 Å². The van der Waals surface area contributed by atoms with Crippen molar-refractivity contribution in [2.24, 2.45) is 5.73 Å². The van der Waals surface area contributed by atoms with Crippen molar-refractivity contribution in [3.8, 4) is 15.4 Å². The van der Waals surface area contributed by atoms with Crippen LogP contribution in [-0.4, -0.2) is 30.9 Å². The number of halogens is 2. The number of aromatic nitrogens is 5. The van der Waals surface area contributed by atoms with Gasteiger partial charge in [-0.25, -0.2) is 4.79 Å². The van der Waals surface area contributed by atoms with E-state index in [9.17, 15) is 18.4 Å². The first kappa shape index (κ1) is 18.9. The van der Waals surface area contributed by atoms with Gasteiger partial charge in [0.1, 0.15) is 5.00 Å². The van der Waals surface area contributed by atoms with Gasteiger partial charge in [-0.2, -0.15) is 18.1 Å². The van der Waals surface area contributed by atoms with Crippen LogP contribution in [0.3, 0.4) is 0 Å². The molecule has 3 rings (SSSR count). The molecule has 3 aromatic heterocycles. The fourth-order valence-electron chi connectivity index (χ4n) is 2.41. The van der Waals surface area contributed by atoms with E-state index in [0.29, 0.717) is 11.5 Å². The first-order valence-electron chi connectivity index (χ1n) is 8.01. The Balaban J connectivity index is 1.93. The third kappa shape index (κ3) is 3.78. The van der Waals surface area contributed by atoms with Gasteiger partial charge >= 0.3 is 5.69 Å². The summed E-state index contributed by atoms with van der Waals surface area (Å²) in [5.74, 6) is 0. The van der Waals surface area contributed by atoms with Crippen molar-refractivity contribution in [3.05, 3.63) is 63.0 Å². The highest BCUT2D eigenvalue weighted by atomic mass is 32.1. The lowest BCUT2D eigenvalue weighted by molar-refractivity contribution is 0.400. The van der Waals surface area contributed by atoms with Crippen LogP contribution in [0.4, 0.5) is 8.78 Å². The summed E-state index contributed by atoms with van der Waals surface area (Å²) in [6, 6.07) is 6.65. The number of nitrogens with zero attached hydrogens (tertiary/aromatic N) is 5. The van der Waals surface area contributed by atoms with E-state index in [1.54, 1.807) is 29.0 Å². The molecule has 0 radical (unpaired) electrons. The second-order valence-electron chi connectivity index (χ2n) is 5.58. The number of aryl methyl sites for hydroxylation is 1. The minimum atomic E-state index is -1.93. The van der Waals surface area contributed by atoms with Crippen molar-refractivity contribution >= 4 is 11.3 Å². The molecule has 0 saturated heterocycles. The molecule has 0 amide bonds. The Labute approximate surface area is 155 Å². The summed E-state index contributed by atoms with van der Waals surface area (Å²) >= 11 is 1.27. The highest BCUT2D eigenvalue weighted by Crippen LogP contribution is 2.28. The SMILES string of the molecule is CCn1cc(-c2ccc(-n3nnn(CC(CN)=C(F)F)c3=O)s2)ccc1=O. The largest absolute Gasteiger partial charge is 0.369 e. The molecule has 0 aliphatic carbocycles. The van der Waals surface area contributed by atoms with Crippen molar-refractivity contribution in [1.82, 2.24) is 24.4 Å². The van der Waals surface area contributed by atoms with Gasteiger partial charge in [-0.05, 0) is 35.5 Å². The zero-order valence-electron chi connectivity index (χ0n) is 14.3. The zero-order chi connectivity index (χ0) is 19.6. The topological polar surface area (TPSA) is 101 Å². The van der Waals surface area contributed by atoms with Gasteiger partial charge in [-0.1, -0.05) is 0 Å². The lowest BCUT2D eigenvalue weighted by Crippen LogP contribution is -2.26. The number of rotatable bonds is 6. The predicted octanol–water partition coefficient (Wildman–Crippen LogP) is 1.45. The Hall–Kier alpha value is -2.92. The van der Waals surface area contributed by atoms with Crippen molar-refractivity contribution in [2.75, 3.05) is 6.54 Å². The monoisotopic (exact) mass is 394 g/mol. The number of tetrazole rings is 1. The van der Waals surface area contributed by atoms with Gasteiger partial charge in [0.25, 0.3) is 11.6 Å². The summed E-state index contributed by atoms with van der Waals surface area (Å²) in [6.45, 7) is 1.61. The summed E-state index contributed by atoms with van der Waals surface area (Å²) in [5, 5.41) is 7.87. The van der Waals surface area contributed by atoms with Crippen molar-refractivity contribution in [3.63, 3.8) is 0 Å². The molecule has 142 valence electrons. The summed E-state index contributed by atoms with van der Waals surface area (Å²) in [4.78, 5) is 24.9. The van der Waals surface area contributed by atoms with Gasteiger partial charge in [0.15, 0.2) is 0 Å². The van der Waals surface area contributed by atoms with Crippen molar-refractivity contribution in [2.45, 2.75) is 20.0 Å². The smallest absolute Gasteiger partial charge is 0.327 e. The standard InChI is InChI=1S/C16H16F2N6O2S/c1-2-22-8-10(3-5-13(22)25)12-4-6-14(27-12)24-16(26)23(20-21-24)9-11(7-19)15(17)18/h3-6,8H,2,7,9,19H2,1H3. The molecular weight excluding hydrogens is 378 g/mol. The van der Waals surface area contributed by atoms with Gasteiger partial charge in [-0.15, -0.1) is 11.3 Å². The maximum absolute atomic E-state index is 12.7.